The first-order valence-electron chi connectivity index (χ1n) is 3.21. The predicted octanol–water partition coefficient (Wildman–Crippen LogP) is 1.98. The molecular formula is C8H9ClO2. The van der Waals surface area contributed by atoms with Gasteiger partial charge in [-0.3, -0.25) is 0 Å². The lowest BCUT2D eigenvalue weighted by atomic mass is 10.2. The zero-order valence-electron chi connectivity index (χ0n) is 6.12. The van der Waals surface area contributed by atoms with E-state index in [4.69, 9.17) is 11.6 Å². The van der Waals surface area contributed by atoms with E-state index in [0.29, 0.717) is 10.6 Å². The van der Waals surface area contributed by atoms with Crippen LogP contribution in [0.1, 0.15) is 11.9 Å². The van der Waals surface area contributed by atoms with Crippen molar-refractivity contribution in [1.82, 2.24) is 0 Å². The predicted molar refractivity (Wildman–Crippen MR) is 43.4 cm³/mol. The third-order valence-corrected chi connectivity index (χ3v) is 1.74. The van der Waals surface area contributed by atoms with Crippen LogP contribution in [0.15, 0.2) is 24.3 Å². The lowest BCUT2D eigenvalue weighted by Crippen LogP contribution is -1.99. The Bertz CT molecular complexity index is 237. The van der Waals surface area contributed by atoms with Gasteiger partial charge in [0, 0.05) is 17.7 Å². The summed E-state index contributed by atoms with van der Waals surface area (Å²) >= 11 is 5.76. The molecule has 60 valence electrons. The highest BCUT2D eigenvalue weighted by Gasteiger charge is 2.07. The second kappa shape index (κ2) is 3.72. The molecule has 0 spiro atoms. The number of methoxy groups -OCH3 is 1. The highest BCUT2D eigenvalue weighted by atomic mass is 35.5. The van der Waals surface area contributed by atoms with Crippen LogP contribution in [0.4, 0.5) is 0 Å². The average Bonchev–Trinajstić information content (AvgIpc) is 2.04. The highest BCUT2D eigenvalue weighted by molar-refractivity contribution is 6.31. The van der Waals surface area contributed by atoms with Crippen molar-refractivity contribution in [2.75, 3.05) is 7.11 Å². The molecule has 0 amide bonds. The van der Waals surface area contributed by atoms with Crippen LogP contribution in [0.25, 0.3) is 0 Å². The van der Waals surface area contributed by atoms with Crippen molar-refractivity contribution in [3.8, 4) is 0 Å². The van der Waals surface area contributed by atoms with Gasteiger partial charge in [-0.15, -0.1) is 0 Å². The minimum absolute atomic E-state index is 0.516. The molecule has 0 unspecified atom stereocenters. The third kappa shape index (κ3) is 1.93. The van der Waals surface area contributed by atoms with E-state index in [2.05, 4.69) is 4.74 Å². The molecule has 0 saturated carbocycles. The molecule has 1 rings (SSSR count). The number of benzene rings is 1. The van der Waals surface area contributed by atoms with Gasteiger partial charge in [-0.1, -0.05) is 29.8 Å². The van der Waals surface area contributed by atoms with Gasteiger partial charge >= 0.3 is 0 Å². The standard InChI is InChI=1S/C8H9ClO2/c1-11-8(10)6-4-2-3-5-7(6)9/h2-5,8,10H,1H3/t8-/m1/s1. The van der Waals surface area contributed by atoms with E-state index in [1.54, 1.807) is 24.3 Å². The molecule has 2 nitrogen and oxygen atoms in total. The Morgan fingerprint density at radius 2 is 2.09 bits per heavy atom. The average molecular weight is 173 g/mol. The van der Waals surface area contributed by atoms with E-state index < -0.39 is 6.29 Å². The van der Waals surface area contributed by atoms with Crippen molar-refractivity contribution in [1.29, 1.82) is 0 Å². The first-order chi connectivity index (χ1) is 5.25. The minimum atomic E-state index is -0.927. The SMILES string of the molecule is CO[C@@H](O)c1ccccc1Cl. The van der Waals surface area contributed by atoms with Gasteiger partial charge in [-0.05, 0) is 6.07 Å². The number of aliphatic hydroxyl groups excluding tert-OH is 1. The molecule has 0 aromatic heterocycles. The van der Waals surface area contributed by atoms with E-state index >= 15 is 0 Å². The first kappa shape index (κ1) is 8.53. The van der Waals surface area contributed by atoms with Crippen LogP contribution in [0, 0.1) is 0 Å². The Hall–Kier alpha value is -0.570. The molecule has 0 saturated heterocycles. The van der Waals surface area contributed by atoms with Crippen LogP contribution in [-0.2, 0) is 4.74 Å². The van der Waals surface area contributed by atoms with Crippen molar-refractivity contribution >= 4 is 11.6 Å². The monoisotopic (exact) mass is 172 g/mol. The van der Waals surface area contributed by atoms with E-state index in [0.717, 1.165) is 0 Å². The van der Waals surface area contributed by atoms with Crippen LogP contribution in [0.5, 0.6) is 0 Å². The fourth-order valence-electron chi connectivity index (χ4n) is 0.802. The Morgan fingerprint density at radius 3 is 2.64 bits per heavy atom. The first-order valence-corrected chi connectivity index (χ1v) is 3.59. The number of ether oxygens (including phenoxy) is 1. The molecule has 3 heteroatoms. The summed E-state index contributed by atoms with van der Waals surface area (Å²) in [4.78, 5) is 0. The summed E-state index contributed by atoms with van der Waals surface area (Å²) in [6.45, 7) is 0. The molecule has 1 aromatic rings. The van der Waals surface area contributed by atoms with E-state index in [1.807, 2.05) is 0 Å². The Kier molecular flexibility index (Phi) is 2.88. The fourth-order valence-corrected chi connectivity index (χ4v) is 1.03. The highest BCUT2D eigenvalue weighted by Crippen LogP contribution is 2.22. The van der Waals surface area contributed by atoms with Gasteiger partial charge in [0.1, 0.15) is 0 Å². The fraction of sp³-hybridized carbons (Fsp3) is 0.250. The van der Waals surface area contributed by atoms with Gasteiger partial charge in [-0.2, -0.15) is 0 Å². The van der Waals surface area contributed by atoms with Gasteiger partial charge in [0.15, 0.2) is 6.29 Å². The number of hydrogen-bond donors (Lipinski definition) is 1. The van der Waals surface area contributed by atoms with E-state index in [-0.39, 0.29) is 0 Å². The lowest BCUT2D eigenvalue weighted by Gasteiger charge is -2.09. The van der Waals surface area contributed by atoms with E-state index in [1.165, 1.54) is 7.11 Å². The summed E-state index contributed by atoms with van der Waals surface area (Å²) in [5.41, 5.74) is 0.594. The number of rotatable bonds is 2. The van der Waals surface area contributed by atoms with Crippen molar-refractivity contribution < 1.29 is 9.84 Å². The summed E-state index contributed by atoms with van der Waals surface area (Å²) in [7, 11) is 1.42. The molecule has 0 aliphatic heterocycles. The van der Waals surface area contributed by atoms with Gasteiger partial charge < -0.3 is 9.84 Å². The normalized spacial score (nSPS) is 13.0. The molecule has 11 heavy (non-hydrogen) atoms. The van der Waals surface area contributed by atoms with Gasteiger partial charge in [0.25, 0.3) is 0 Å². The molecule has 0 bridgehead atoms. The largest absolute Gasteiger partial charge is 0.364 e. The Morgan fingerprint density at radius 1 is 1.45 bits per heavy atom. The maximum atomic E-state index is 9.20. The zero-order chi connectivity index (χ0) is 8.27. The summed E-state index contributed by atoms with van der Waals surface area (Å²) in [5.74, 6) is 0. The minimum Gasteiger partial charge on any atom is -0.364 e. The molecule has 1 aromatic carbocycles. The molecule has 0 aliphatic carbocycles. The summed E-state index contributed by atoms with van der Waals surface area (Å²) in [5, 5.41) is 9.72. The Balaban J connectivity index is 2.93. The number of halogens is 1. The lowest BCUT2D eigenvalue weighted by molar-refractivity contribution is -0.0768. The second-order valence-corrected chi connectivity index (χ2v) is 2.52. The maximum absolute atomic E-state index is 9.20. The van der Waals surface area contributed by atoms with Crippen LogP contribution >= 0.6 is 11.6 Å². The molecule has 1 atom stereocenters. The van der Waals surface area contributed by atoms with Crippen LogP contribution in [0.3, 0.4) is 0 Å². The molecule has 1 N–H and O–H groups in total. The van der Waals surface area contributed by atoms with Gasteiger partial charge in [0.2, 0.25) is 0 Å². The molecule has 0 radical (unpaired) electrons. The molecule has 0 fully saturated rings. The summed E-state index contributed by atoms with van der Waals surface area (Å²) < 4.78 is 4.69. The van der Waals surface area contributed by atoms with Crippen molar-refractivity contribution in [2.24, 2.45) is 0 Å². The smallest absolute Gasteiger partial charge is 0.182 e. The maximum Gasteiger partial charge on any atom is 0.182 e. The third-order valence-electron chi connectivity index (χ3n) is 1.39. The van der Waals surface area contributed by atoms with Crippen molar-refractivity contribution in [3.05, 3.63) is 34.9 Å². The summed E-state index contributed by atoms with van der Waals surface area (Å²) in [6.07, 6.45) is -0.927. The second-order valence-electron chi connectivity index (χ2n) is 2.11. The quantitative estimate of drug-likeness (QED) is 0.692. The van der Waals surface area contributed by atoms with Gasteiger partial charge in [-0.25, -0.2) is 0 Å². The molecular weight excluding hydrogens is 164 g/mol. The number of hydrogen-bond acceptors (Lipinski definition) is 2. The van der Waals surface area contributed by atoms with Crippen molar-refractivity contribution in [3.63, 3.8) is 0 Å². The van der Waals surface area contributed by atoms with Crippen LogP contribution < -0.4 is 0 Å². The zero-order valence-corrected chi connectivity index (χ0v) is 6.88. The molecule has 0 aliphatic rings. The summed E-state index contributed by atoms with van der Waals surface area (Å²) in [6, 6.07) is 7.02. The topological polar surface area (TPSA) is 29.5 Å². The molecule has 0 heterocycles. The van der Waals surface area contributed by atoms with Gasteiger partial charge in [0.05, 0.1) is 0 Å². The van der Waals surface area contributed by atoms with E-state index in [9.17, 15) is 5.11 Å². The Labute approximate surface area is 70.4 Å². The van der Waals surface area contributed by atoms with Crippen molar-refractivity contribution in [2.45, 2.75) is 6.29 Å². The van der Waals surface area contributed by atoms with Crippen LogP contribution in [-0.4, -0.2) is 12.2 Å². The number of aliphatic hydroxyl groups is 1. The van der Waals surface area contributed by atoms with Crippen LogP contribution in [0.2, 0.25) is 5.02 Å².